The number of aromatic amines is 1. The van der Waals surface area contributed by atoms with Gasteiger partial charge in [-0.25, -0.2) is 9.97 Å². The van der Waals surface area contributed by atoms with Gasteiger partial charge in [-0.15, -0.1) is 0 Å². The van der Waals surface area contributed by atoms with Crippen LogP contribution in [-0.2, 0) is 30.7 Å². The van der Waals surface area contributed by atoms with Crippen LogP contribution >= 0.6 is 0 Å². The zero-order valence-corrected chi connectivity index (χ0v) is 43.3. The van der Waals surface area contributed by atoms with Gasteiger partial charge in [0.15, 0.2) is 5.82 Å². The third-order valence-corrected chi connectivity index (χ3v) is 13.9. The second-order valence-corrected chi connectivity index (χ2v) is 19.9. The van der Waals surface area contributed by atoms with Crippen LogP contribution in [0.5, 0.6) is 11.5 Å². The molecule has 3 aliphatic rings. The molecule has 3 amide bonds. The highest BCUT2D eigenvalue weighted by Crippen LogP contribution is 2.28. The van der Waals surface area contributed by atoms with Gasteiger partial charge in [-0.2, -0.15) is 0 Å². The topological polar surface area (TPSA) is 192 Å². The minimum Gasteiger partial charge on any atom is -0.492 e. The molecule has 18 nitrogen and oxygen atoms in total. The van der Waals surface area contributed by atoms with Gasteiger partial charge < -0.3 is 44.2 Å². The molecule has 2 aromatic carbocycles. The van der Waals surface area contributed by atoms with Gasteiger partial charge in [0.2, 0.25) is 0 Å². The second-order valence-electron chi connectivity index (χ2n) is 19.9. The van der Waals surface area contributed by atoms with Gasteiger partial charge in [0.1, 0.15) is 23.8 Å². The number of ether oxygens (including phenoxy) is 3. The Morgan fingerprint density at radius 3 is 2.35 bits per heavy atom. The SMILES string of the molecule is CCc1cc2ncc(CN3CCN(c4ccc(C(=O)NCCOC5CCN(CCOc6cccc(C(=O)N7CCc8c(nc(C(=O)Nc9ccc(OC(C)C)cc9)n8C(C)C)C7)c6)CC5)nc4)CC3)cc2[nH]c1=O. The van der Waals surface area contributed by atoms with E-state index in [2.05, 4.69) is 40.3 Å². The summed E-state index contributed by atoms with van der Waals surface area (Å²) < 4.78 is 20.0. The quantitative estimate of drug-likeness (QED) is 0.0746. The Morgan fingerprint density at radius 2 is 1.62 bits per heavy atom. The van der Waals surface area contributed by atoms with Crippen molar-refractivity contribution in [2.45, 2.75) is 91.6 Å². The highest BCUT2D eigenvalue weighted by molar-refractivity contribution is 6.02. The van der Waals surface area contributed by atoms with E-state index < -0.39 is 0 Å². The van der Waals surface area contributed by atoms with Crippen molar-refractivity contribution in [1.82, 2.24) is 44.5 Å². The summed E-state index contributed by atoms with van der Waals surface area (Å²) in [6.45, 7) is 18.8. The molecule has 2 saturated heterocycles. The smallest absolute Gasteiger partial charge is 0.291 e. The number of likely N-dealkylation sites (tertiary alicyclic amines) is 1. The summed E-state index contributed by atoms with van der Waals surface area (Å²) >= 11 is 0. The first-order valence-corrected chi connectivity index (χ1v) is 26.1. The fraction of sp³-hybridized carbons (Fsp3) is 0.446. The number of hydrogen-bond donors (Lipinski definition) is 3. The van der Waals surface area contributed by atoms with E-state index in [9.17, 15) is 19.2 Å². The predicted molar refractivity (Wildman–Crippen MR) is 284 cm³/mol. The number of piperazine rings is 1. The number of carbonyl (C=O) groups excluding carboxylic acids is 3. The summed E-state index contributed by atoms with van der Waals surface area (Å²) in [4.78, 5) is 78.3. The number of pyridine rings is 3. The molecule has 0 spiro atoms. The summed E-state index contributed by atoms with van der Waals surface area (Å²) in [5, 5.41) is 5.93. The van der Waals surface area contributed by atoms with Gasteiger partial charge in [0, 0.05) is 107 Å². The van der Waals surface area contributed by atoms with E-state index >= 15 is 0 Å². The minimum absolute atomic E-state index is 0.00494. The van der Waals surface area contributed by atoms with Crippen molar-refractivity contribution in [3.05, 3.63) is 135 Å². The lowest BCUT2D eigenvalue weighted by molar-refractivity contribution is 0.00708. The summed E-state index contributed by atoms with van der Waals surface area (Å²) in [6.07, 6.45) is 6.88. The summed E-state index contributed by atoms with van der Waals surface area (Å²) in [7, 11) is 0. The number of rotatable bonds is 19. The van der Waals surface area contributed by atoms with Crippen LogP contribution < -0.4 is 30.6 Å². The average molecular weight is 1010 g/mol. The number of aryl methyl sites for hydroxylation is 1. The van der Waals surface area contributed by atoms with E-state index in [0.29, 0.717) is 74.2 Å². The molecular formula is C56H69N11O7. The number of H-pyrrole nitrogens is 1. The van der Waals surface area contributed by atoms with Crippen LogP contribution in [0, 0.1) is 0 Å². The molecule has 2 fully saturated rings. The largest absolute Gasteiger partial charge is 0.492 e. The molecule has 9 rings (SSSR count). The van der Waals surface area contributed by atoms with E-state index in [-0.39, 0.29) is 41.5 Å². The lowest BCUT2D eigenvalue weighted by Crippen LogP contribution is -2.46. The molecular weight excluding hydrogens is 939 g/mol. The van der Waals surface area contributed by atoms with Crippen LogP contribution in [0.4, 0.5) is 11.4 Å². The molecule has 0 bridgehead atoms. The molecule has 3 N–H and O–H groups in total. The number of nitrogens with one attached hydrogen (secondary N) is 3. The first kappa shape index (κ1) is 51.7. The molecule has 4 aromatic heterocycles. The number of aromatic nitrogens is 5. The van der Waals surface area contributed by atoms with Crippen molar-refractivity contribution in [1.29, 1.82) is 0 Å². The Balaban J connectivity index is 0.654. The van der Waals surface area contributed by atoms with Crippen LogP contribution in [0.25, 0.3) is 11.0 Å². The molecule has 0 aliphatic carbocycles. The zero-order valence-electron chi connectivity index (χ0n) is 43.3. The summed E-state index contributed by atoms with van der Waals surface area (Å²) in [5.74, 6) is 1.07. The molecule has 7 heterocycles. The first-order valence-electron chi connectivity index (χ1n) is 26.1. The number of benzene rings is 2. The molecule has 0 radical (unpaired) electrons. The highest BCUT2D eigenvalue weighted by Gasteiger charge is 2.31. The normalized spacial score (nSPS) is 15.7. The fourth-order valence-corrected chi connectivity index (χ4v) is 9.99. The van der Waals surface area contributed by atoms with E-state index in [1.54, 1.807) is 23.2 Å². The first-order chi connectivity index (χ1) is 35.9. The van der Waals surface area contributed by atoms with Gasteiger partial charge in [0.25, 0.3) is 23.3 Å². The molecule has 390 valence electrons. The van der Waals surface area contributed by atoms with Crippen molar-refractivity contribution >= 4 is 40.1 Å². The average Bonchev–Trinajstić information content (AvgIpc) is 3.81. The molecule has 6 aromatic rings. The van der Waals surface area contributed by atoms with Gasteiger partial charge in [0.05, 0.1) is 54.0 Å². The predicted octanol–water partition coefficient (Wildman–Crippen LogP) is 6.51. The molecule has 0 saturated carbocycles. The van der Waals surface area contributed by atoms with Crippen molar-refractivity contribution in [3.8, 4) is 11.5 Å². The third kappa shape index (κ3) is 12.8. The van der Waals surface area contributed by atoms with Crippen LogP contribution in [0.2, 0.25) is 0 Å². The summed E-state index contributed by atoms with van der Waals surface area (Å²) in [6, 6.07) is 22.3. The zero-order chi connectivity index (χ0) is 51.7. The number of amides is 3. The number of nitrogens with zero attached hydrogens (tertiary/aromatic N) is 8. The lowest BCUT2D eigenvalue weighted by atomic mass is 10.1. The molecule has 0 unspecified atom stereocenters. The third-order valence-electron chi connectivity index (χ3n) is 13.9. The van der Waals surface area contributed by atoms with Crippen molar-refractivity contribution in [2.24, 2.45) is 0 Å². The number of fused-ring (bicyclic) bond motifs is 2. The molecule has 0 atom stereocenters. The van der Waals surface area contributed by atoms with E-state index in [4.69, 9.17) is 19.2 Å². The Hall–Kier alpha value is -7.15. The maximum absolute atomic E-state index is 13.8. The van der Waals surface area contributed by atoms with Crippen LogP contribution in [0.3, 0.4) is 0 Å². The monoisotopic (exact) mass is 1010 g/mol. The minimum atomic E-state index is -0.302. The van der Waals surface area contributed by atoms with Crippen molar-refractivity contribution < 1.29 is 28.6 Å². The van der Waals surface area contributed by atoms with E-state index in [1.807, 2.05) is 106 Å². The molecule has 74 heavy (non-hydrogen) atoms. The van der Waals surface area contributed by atoms with Gasteiger partial charge >= 0.3 is 0 Å². The Bertz CT molecular complexity index is 2960. The van der Waals surface area contributed by atoms with Crippen molar-refractivity contribution in [3.63, 3.8) is 0 Å². The number of carbonyl (C=O) groups is 3. The lowest BCUT2D eigenvalue weighted by Gasteiger charge is -2.36. The summed E-state index contributed by atoms with van der Waals surface area (Å²) in [5.41, 5.74) is 7.59. The Morgan fingerprint density at radius 1 is 0.824 bits per heavy atom. The van der Waals surface area contributed by atoms with Gasteiger partial charge in [-0.05, 0) is 119 Å². The number of anilines is 2. The molecule has 18 heteroatoms. The fourth-order valence-electron chi connectivity index (χ4n) is 9.99. The molecule has 3 aliphatic heterocycles. The highest BCUT2D eigenvalue weighted by atomic mass is 16.5. The second kappa shape index (κ2) is 23.8. The number of hydrogen-bond acceptors (Lipinski definition) is 13. The van der Waals surface area contributed by atoms with Gasteiger partial charge in [-0.1, -0.05) is 13.0 Å². The van der Waals surface area contributed by atoms with Crippen LogP contribution in [0.1, 0.15) is 107 Å². The number of imidazole rings is 1. The Kier molecular flexibility index (Phi) is 16.6. The van der Waals surface area contributed by atoms with Crippen LogP contribution in [0.15, 0.2) is 90.0 Å². The number of piperidine rings is 1. The van der Waals surface area contributed by atoms with Crippen LogP contribution in [-0.4, -0.2) is 141 Å². The van der Waals surface area contributed by atoms with Crippen molar-refractivity contribution in [2.75, 3.05) is 82.3 Å². The van der Waals surface area contributed by atoms with Gasteiger partial charge in [-0.3, -0.25) is 34.0 Å². The van der Waals surface area contributed by atoms with E-state index in [0.717, 1.165) is 110 Å². The van der Waals surface area contributed by atoms with E-state index in [1.165, 1.54) is 0 Å². The Labute approximate surface area is 432 Å². The maximum atomic E-state index is 13.8. The standard InChI is InChI=1S/C56H69N11O7/c1-6-40-32-48-49(62-53(40)68)30-39(33-58-48)35-64-23-25-65(26-24-64)43-12-15-47(59-34-43)54(69)57-19-28-72-44-16-20-63(21-17-44)27-29-73-46-9-7-8-41(31-46)56(71)66-22-18-51-50(36-66)61-52(67(51)37(2)3)55(70)60-42-10-13-45(14-11-42)74-38(4)5/h7-15,30-34,37-38,44H,6,16-29,35-36H2,1-5H3,(H,57,69)(H,60,70)(H,62,68). The maximum Gasteiger partial charge on any atom is 0.291 e.